The minimum Gasteiger partial charge on any atom is -0.508 e. The van der Waals surface area contributed by atoms with E-state index < -0.39 is 69.6 Å². The predicted molar refractivity (Wildman–Crippen MR) is 134 cm³/mol. The number of phenols is 1. The fraction of sp³-hybridized carbons (Fsp3) is 0.500. The van der Waals surface area contributed by atoms with Gasteiger partial charge in [0.05, 0.1) is 17.3 Å². The lowest BCUT2D eigenvalue weighted by Gasteiger charge is -2.50. The van der Waals surface area contributed by atoms with Gasteiger partial charge in [0.15, 0.2) is 11.4 Å². The van der Waals surface area contributed by atoms with E-state index in [4.69, 9.17) is 5.73 Å². The third-order valence-electron chi connectivity index (χ3n) is 8.54. The van der Waals surface area contributed by atoms with Crippen LogP contribution in [0.2, 0.25) is 0 Å². The maximum Gasteiger partial charge on any atom is 0.255 e. The SMILES string of the molecule is CN(C)C1CCNc2c(O)c3c(c(F)c21)CC1CC2C(N(C)C)C(=O)C(C(N)=O)=C(O)[C@@]2(O)C(=O)C1=C3O. The van der Waals surface area contributed by atoms with Crippen LogP contribution in [0, 0.1) is 17.7 Å². The van der Waals surface area contributed by atoms with Crippen LogP contribution in [-0.4, -0.2) is 94.1 Å². The molecule has 11 nitrogen and oxygen atoms in total. The normalized spacial score (nSPS) is 30.6. The molecule has 4 aliphatic rings. The van der Waals surface area contributed by atoms with E-state index in [1.165, 1.54) is 19.0 Å². The van der Waals surface area contributed by atoms with E-state index in [1.807, 2.05) is 4.90 Å². The number of fused-ring (bicyclic) bond motifs is 4. The smallest absolute Gasteiger partial charge is 0.255 e. The largest absolute Gasteiger partial charge is 0.508 e. The molecule has 1 heterocycles. The standard InChI is InChI=1S/C26H31FN4O7/c1-30(2)12-5-6-29-18-15(12)17(27)10-7-9-8-11-19(31(3)4)22(34)16(25(28)37)24(36)26(11,38)23(35)13(9)20(32)14(10)21(18)33/h9,11-12,19,29,32-33,36,38H,5-8H2,1-4H3,(H2,28,37)/t9?,11?,12?,19?,26-/m0/s1. The molecule has 12 heteroatoms. The van der Waals surface area contributed by atoms with Crippen LogP contribution in [0.4, 0.5) is 10.1 Å². The zero-order chi connectivity index (χ0) is 28.0. The molecule has 0 aromatic heterocycles. The number of anilines is 1. The summed E-state index contributed by atoms with van der Waals surface area (Å²) in [6, 6.07) is -1.53. The zero-order valence-corrected chi connectivity index (χ0v) is 21.5. The second-order valence-electron chi connectivity index (χ2n) is 11.0. The van der Waals surface area contributed by atoms with E-state index in [-0.39, 0.29) is 46.8 Å². The molecule has 0 bridgehead atoms. The molecule has 0 saturated heterocycles. The van der Waals surface area contributed by atoms with Crippen molar-refractivity contribution in [3.05, 3.63) is 39.4 Å². The molecule has 1 saturated carbocycles. The third-order valence-corrected chi connectivity index (χ3v) is 8.54. The van der Waals surface area contributed by atoms with Crippen LogP contribution >= 0.6 is 0 Å². The number of benzene rings is 1. The number of carbonyl (C=O) groups is 3. The first-order valence-corrected chi connectivity index (χ1v) is 12.4. The Hall–Kier alpha value is -3.48. The van der Waals surface area contributed by atoms with Crippen LogP contribution < -0.4 is 11.1 Å². The van der Waals surface area contributed by atoms with Gasteiger partial charge in [-0.05, 0) is 53.4 Å². The molecule has 1 aliphatic heterocycles. The first kappa shape index (κ1) is 26.1. The van der Waals surface area contributed by atoms with E-state index in [9.17, 15) is 34.8 Å². The molecule has 204 valence electrons. The van der Waals surface area contributed by atoms with Crippen LogP contribution in [0.5, 0.6) is 5.75 Å². The maximum absolute atomic E-state index is 16.1. The molecular formula is C26H31FN4O7. The monoisotopic (exact) mass is 530 g/mol. The summed E-state index contributed by atoms with van der Waals surface area (Å²) in [6.45, 7) is 0.441. The van der Waals surface area contributed by atoms with Gasteiger partial charge in [0, 0.05) is 35.2 Å². The van der Waals surface area contributed by atoms with Crippen molar-refractivity contribution in [3.8, 4) is 5.75 Å². The number of hydrogen-bond acceptors (Lipinski definition) is 10. The second-order valence-corrected chi connectivity index (χ2v) is 11.0. The quantitative estimate of drug-likeness (QED) is 0.239. The van der Waals surface area contributed by atoms with Crippen molar-refractivity contribution in [1.29, 1.82) is 0 Å². The van der Waals surface area contributed by atoms with Gasteiger partial charge in [-0.2, -0.15) is 0 Å². The van der Waals surface area contributed by atoms with Crippen LogP contribution in [0.15, 0.2) is 16.9 Å². The van der Waals surface area contributed by atoms with E-state index >= 15 is 4.39 Å². The molecule has 0 radical (unpaired) electrons. The number of nitrogens with two attached hydrogens (primary N) is 1. The number of nitrogens with one attached hydrogen (secondary N) is 1. The van der Waals surface area contributed by atoms with Gasteiger partial charge in [-0.3, -0.25) is 19.3 Å². The number of primary amides is 1. The van der Waals surface area contributed by atoms with Gasteiger partial charge in [-0.25, -0.2) is 4.39 Å². The number of hydrogen-bond donors (Lipinski definition) is 6. The van der Waals surface area contributed by atoms with Crippen molar-refractivity contribution in [2.75, 3.05) is 40.1 Å². The summed E-state index contributed by atoms with van der Waals surface area (Å²) in [7, 11) is 6.64. The van der Waals surface area contributed by atoms with Gasteiger partial charge < -0.3 is 36.4 Å². The van der Waals surface area contributed by atoms with Crippen LogP contribution in [0.25, 0.3) is 5.76 Å². The number of nitrogens with zero attached hydrogens (tertiary/aromatic N) is 2. The molecule has 5 rings (SSSR count). The summed E-state index contributed by atoms with van der Waals surface area (Å²) in [4.78, 5) is 42.4. The average molecular weight is 531 g/mol. The Morgan fingerprint density at radius 2 is 1.79 bits per heavy atom. The summed E-state index contributed by atoms with van der Waals surface area (Å²) < 4.78 is 16.1. The van der Waals surface area contributed by atoms with Gasteiger partial charge in [-0.1, -0.05) is 0 Å². The van der Waals surface area contributed by atoms with Gasteiger partial charge in [0.25, 0.3) is 5.91 Å². The molecule has 1 fully saturated rings. The van der Waals surface area contributed by atoms with Gasteiger partial charge in [-0.15, -0.1) is 0 Å². The minimum absolute atomic E-state index is 0.0300. The van der Waals surface area contributed by atoms with Crippen molar-refractivity contribution >= 4 is 28.9 Å². The number of aliphatic hydroxyl groups excluding tert-OH is 2. The fourth-order valence-electron chi connectivity index (χ4n) is 6.84. The highest BCUT2D eigenvalue weighted by atomic mass is 19.1. The highest BCUT2D eigenvalue weighted by Gasteiger charge is 2.64. The zero-order valence-electron chi connectivity index (χ0n) is 21.5. The van der Waals surface area contributed by atoms with Crippen LogP contribution in [-0.2, 0) is 20.8 Å². The number of amides is 1. The molecule has 3 aliphatic carbocycles. The van der Waals surface area contributed by atoms with Crippen LogP contribution in [0.3, 0.4) is 0 Å². The number of halogens is 1. The highest BCUT2D eigenvalue weighted by molar-refractivity contribution is 6.24. The van der Waals surface area contributed by atoms with Crippen LogP contribution in [0.1, 0.15) is 35.6 Å². The Balaban J connectivity index is 1.75. The summed E-state index contributed by atoms with van der Waals surface area (Å²) in [5.41, 5.74) is 1.55. The molecule has 1 aromatic carbocycles. The van der Waals surface area contributed by atoms with Crippen molar-refractivity contribution < 1.29 is 39.2 Å². The van der Waals surface area contributed by atoms with E-state index in [0.717, 1.165) is 0 Å². The molecule has 0 spiro atoms. The topological polar surface area (TPSA) is 177 Å². The number of likely N-dealkylation sites (N-methyl/N-ethyl adjacent to an activating group) is 1. The number of aliphatic hydroxyl groups is 3. The molecule has 38 heavy (non-hydrogen) atoms. The van der Waals surface area contributed by atoms with Crippen molar-refractivity contribution in [2.24, 2.45) is 17.6 Å². The number of rotatable bonds is 3. The first-order valence-electron chi connectivity index (χ1n) is 12.4. The van der Waals surface area contributed by atoms with Crippen molar-refractivity contribution in [2.45, 2.75) is 36.9 Å². The van der Waals surface area contributed by atoms with E-state index in [1.54, 1.807) is 14.1 Å². The lowest BCUT2D eigenvalue weighted by atomic mass is 9.57. The number of aromatic hydroxyl groups is 1. The van der Waals surface area contributed by atoms with Crippen molar-refractivity contribution in [3.63, 3.8) is 0 Å². The fourth-order valence-corrected chi connectivity index (χ4v) is 6.84. The van der Waals surface area contributed by atoms with E-state index in [0.29, 0.717) is 13.0 Å². The molecule has 4 unspecified atom stereocenters. The van der Waals surface area contributed by atoms with Crippen molar-refractivity contribution in [1.82, 2.24) is 9.80 Å². The van der Waals surface area contributed by atoms with E-state index in [2.05, 4.69) is 5.32 Å². The Morgan fingerprint density at radius 1 is 1.13 bits per heavy atom. The molecule has 7 N–H and O–H groups in total. The Morgan fingerprint density at radius 3 is 2.37 bits per heavy atom. The number of ketones is 2. The second kappa shape index (κ2) is 8.52. The summed E-state index contributed by atoms with van der Waals surface area (Å²) in [5, 5.41) is 48.0. The lowest BCUT2D eigenvalue weighted by molar-refractivity contribution is -0.153. The first-order chi connectivity index (χ1) is 17.7. The number of phenolic OH excluding ortho intramolecular Hbond substituents is 1. The number of carbonyl (C=O) groups excluding carboxylic acids is 3. The minimum atomic E-state index is -2.73. The Kier molecular flexibility index (Phi) is 5.86. The maximum atomic E-state index is 16.1. The highest BCUT2D eigenvalue weighted by Crippen LogP contribution is 2.55. The average Bonchev–Trinajstić information content (AvgIpc) is 2.83. The molecular weight excluding hydrogens is 499 g/mol. The summed E-state index contributed by atoms with van der Waals surface area (Å²) in [5.74, 6) is -8.23. The van der Waals surface area contributed by atoms with Gasteiger partial charge >= 0.3 is 0 Å². The molecule has 1 aromatic rings. The molecule has 5 atom stereocenters. The molecule has 1 amide bonds. The lowest BCUT2D eigenvalue weighted by Crippen LogP contribution is -2.65. The Bertz CT molecular complexity index is 1370. The predicted octanol–water partition coefficient (Wildman–Crippen LogP) is 0.521. The third kappa shape index (κ3) is 3.20. The number of Topliss-reactive ketones (excluding diaryl/α,β-unsaturated/α-hetero) is 2. The van der Waals surface area contributed by atoms with Gasteiger partial charge in [0.1, 0.15) is 28.7 Å². The Labute approximate surface area is 218 Å². The summed E-state index contributed by atoms with van der Waals surface area (Å²) >= 11 is 0. The van der Waals surface area contributed by atoms with Gasteiger partial charge in [0.2, 0.25) is 5.78 Å². The summed E-state index contributed by atoms with van der Waals surface area (Å²) in [6.07, 6.45) is 0.388.